The summed E-state index contributed by atoms with van der Waals surface area (Å²) in [4.78, 5) is 0. The van der Waals surface area contributed by atoms with Crippen LogP contribution >= 0.6 is 0 Å². The topological polar surface area (TPSA) is 30.5 Å². The van der Waals surface area contributed by atoms with Gasteiger partial charge in [-0.05, 0) is 41.0 Å². The fraction of sp³-hybridized carbons (Fsp3) is 0.333. The van der Waals surface area contributed by atoms with E-state index < -0.39 is 0 Å². The molecule has 0 radical (unpaired) electrons. The molecule has 27 heavy (non-hydrogen) atoms. The summed E-state index contributed by atoms with van der Waals surface area (Å²) in [7, 11) is 1.73. The highest BCUT2D eigenvalue weighted by Gasteiger charge is 2.22. The molecule has 0 amide bonds. The van der Waals surface area contributed by atoms with Crippen LogP contribution in [0.5, 0.6) is 5.75 Å². The molecule has 1 N–H and O–H groups in total. The molecule has 140 valence electrons. The van der Waals surface area contributed by atoms with Gasteiger partial charge in [-0.2, -0.15) is 0 Å². The highest BCUT2D eigenvalue weighted by atomic mass is 16.5. The normalized spacial score (nSPS) is 13.8. The van der Waals surface area contributed by atoms with Crippen molar-refractivity contribution in [3.8, 4) is 16.9 Å². The first kappa shape index (κ1) is 18.0. The summed E-state index contributed by atoms with van der Waals surface area (Å²) in [5, 5.41) is 6.10. The van der Waals surface area contributed by atoms with E-state index in [0.717, 1.165) is 25.3 Å². The number of fused-ring (bicyclic) bond motifs is 1. The van der Waals surface area contributed by atoms with Crippen LogP contribution in [0.15, 0.2) is 60.7 Å². The fourth-order valence-corrected chi connectivity index (χ4v) is 3.53. The van der Waals surface area contributed by atoms with E-state index in [1.807, 2.05) is 0 Å². The predicted molar refractivity (Wildman–Crippen MR) is 111 cm³/mol. The van der Waals surface area contributed by atoms with Crippen molar-refractivity contribution in [1.29, 1.82) is 0 Å². The first-order chi connectivity index (χ1) is 13.4. The number of benzene rings is 3. The summed E-state index contributed by atoms with van der Waals surface area (Å²) in [5.41, 5.74) is 3.87. The van der Waals surface area contributed by atoms with E-state index in [-0.39, 0.29) is 0 Å². The summed E-state index contributed by atoms with van der Waals surface area (Å²) < 4.78 is 11.3. The maximum atomic E-state index is 6.17. The van der Waals surface area contributed by atoms with Crippen molar-refractivity contribution in [3.05, 3.63) is 66.2 Å². The van der Waals surface area contributed by atoms with Gasteiger partial charge in [0.05, 0.1) is 6.61 Å². The summed E-state index contributed by atoms with van der Waals surface area (Å²) in [6, 6.07) is 22.1. The number of methoxy groups -OCH3 is 1. The van der Waals surface area contributed by atoms with E-state index in [2.05, 4.69) is 66.0 Å². The third-order valence-corrected chi connectivity index (χ3v) is 5.06. The number of hydrogen-bond donors (Lipinski definition) is 1. The van der Waals surface area contributed by atoms with Crippen molar-refractivity contribution in [1.82, 2.24) is 5.32 Å². The largest absolute Gasteiger partial charge is 0.493 e. The monoisotopic (exact) mass is 361 g/mol. The molecule has 0 saturated heterocycles. The van der Waals surface area contributed by atoms with Crippen molar-refractivity contribution in [2.45, 2.75) is 31.8 Å². The Morgan fingerprint density at radius 1 is 0.926 bits per heavy atom. The predicted octanol–water partition coefficient (Wildman–Crippen LogP) is 5.17. The van der Waals surface area contributed by atoms with Crippen LogP contribution in [0.4, 0.5) is 0 Å². The van der Waals surface area contributed by atoms with Gasteiger partial charge in [0.2, 0.25) is 0 Å². The third-order valence-electron chi connectivity index (χ3n) is 5.06. The van der Waals surface area contributed by atoms with E-state index in [0.29, 0.717) is 12.6 Å². The Balaban J connectivity index is 1.77. The number of nitrogens with one attached hydrogen (secondary N) is 1. The van der Waals surface area contributed by atoms with E-state index in [1.165, 1.54) is 40.3 Å². The quantitative estimate of drug-likeness (QED) is 0.533. The van der Waals surface area contributed by atoms with Gasteiger partial charge in [-0.1, -0.05) is 54.6 Å². The summed E-state index contributed by atoms with van der Waals surface area (Å²) in [6.45, 7) is 2.25. The second-order valence-corrected chi connectivity index (χ2v) is 7.17. The lowest BCUT2D eigenvalue weighted by atomic mass is 9.92. The number of ether oxygens (including phenoxy) is 2. The minimum Gasteiger partial charge on any atom is -0.493 e. The van der Waals surface area contributed by atoms with Crippen molar-refractivity contribution in [2.24, 2.45) is 0 Å². The van der Waals surface area contributed by atoms with Gasteiger partial charge in [-0.15, -0.1) is 0 Å². The lowest BCUT2D eigenvalue weighted by molar-refractivity contribution is 0.172. The zero-order chi connectivity index (χ0) is 18.5. The van der Waals surface area contributed by atoms with Crippen LogP contribution in [0.1, 0.15) is 24.8 Å². The van der Waals surface area contributed by atoms with Gasteiger partial charge in [0.15, 0.2) is 0 Å². The average molecular weight is 361 g/mol. The minimum atomic E-state index is 0.665. The van der Waals surface area contributed by atoms with Crippen LogP contribution in [-0.2, 0) is 11.3 Å². The maximum Gasteiger partial charge on any atom is 0.127 e. The lowest BCUT2D eigenvalue weighted by Crippen LogP contribution is -2.16. The van der Waals surface area contributed by atoms with Crippen LogP contribution < -0.4 is 10.1 Å². The molecule has 0 aliphatic heterocycles. The van der Waals surface area contributed by atoms with Crippen molar-refractivity contribution < 1.29 is 9.47 Å². The zero-order valence-electron chi connectivity index (χ0n) is 15.9. The first-order valence-electron chi connectivity index (χ1n) is 9.82. The Morgan fingerprint density at radius 3 is 2.41 bits per heavy atom. The minimum absolute atomic E-state index is 0.665. The molecule has 0 spiro atoms. The molecule has 1 aliphatic carbocycles. The van der Waals surface area contributed by atoms with Crippen molar-refractivity contribution in [2.75, 3.05) is 20.3 Å². The Bertz CT molecular complexity index is 888. The van der Waals surface area contributed by atoms with Gasteiger partial charge in [-0.3, -0.25) is 0 Å². The van der Waals surface area contributed by atoms with E-state index in [1.54, 1.807) is 7.11 Å². The van der Waals surface area contributed by atoms with Crippen LogP contribution in [0, 0.1) is 0 Å². The second-order valence-electron chi connectivity index (χ2n) is 7.17. The Labute approximate surface area is 161 Å². The molecular formula is C24H27NO2. The number of hydrogen-bond acceptors (Lipinski definition) is 3. The smallest absolute Gasteiger partial charge is 0.127 e. The highest BCUT2D eigenvalue weighted by Crippen LogP contribution is 2.38. The zero-order valence-corrected chi connectivity index (χ0v) is 15.9. The fourth-order valence-electron chi connectivity index (χ4n) is 3.53. The molecule has 0 bridgehead atoms. The van der Waals surface area contributed by atoms with Gasteiger partial charge in [0.1, 0.15) is 5.75 Å². The van der Waals surface area contributed by atoms with Crippen LogP contribution in [0.2, 0.25) is 0 Å². The van der Waals surface area contributed by atoms with Crippen molar-refractivity contribution >= 4 is 10.8 Å². The molecule has 3 aromatic rings. The summed E-state index contributed by atoms with van der Waals surface area (Å²) in [6.07, 6.45) is 3.46. The molecule has 3 heteroatoms. The Kier molecular flexibility index (Phi) is 5.71. The lowest BCUT2D eigenvalue weighted by Gasteiger charge is -2.18. The van der Waals surface area contributed by atoms with Crippen LogP contribution in [0.3, 0.4) is 0 Å². The molecule has 3 nitrogen and oxygen atoms in total. The van der Waals surface area contributed by atoms with Gasteiger partial charge < -0.3 is 14.8 Å². The van der Waals surface area contributed by atoms with E-state index in [9.17, 15) is 0 Å². The van der Waals surface area contributed by atoms with Crippen LogP contribution in [0.25, 0.3) is 21.9 Å². The molecular weight excluding hydrogens is 334 g/mol. The highest BCUT2D eigenvalue weighted by molar-refractivity contribution is 6.01. The van der Waals surface area contributed by atoms with E-state index >= 15 is 0 Å². The molecule has 1 fully saturated rings. The van der Waals surface area contributed by atoms with Gasteiger partial charge in [0, 0.05) is 38.1 Å². The molecule has 1 aliphatic rings. The van der Waals surface area contributed by atoms with Gasteiger partial charge in [0.25, 0.3) is 0 Å². The molecule has 0 unspecified atom stereocenters. The molecule has 0 heterocycles. The molecule has 4 rings (SSSR count). The molecule has 3 aromatic carbocycles. The maximum absolute atomic E-state index is 6.17. The number of rotatable bonds is 9. The standard InChI is InChI=1S/C24H27NO2/c1-26-14-7-15-27-23-16-19(17-25-20-12-13-20)24(18-8-3-2-4-9-18)22-11-6-5-10-21(22)23/h2-6,8-11,16,20,25H,7,12-15,17H2,1H3. The Hall–Kier alpha value is -2.36. The van der Waals surface area contributed by atoms with Gasteiger partial charge in [-0.25, -0.2) is 0 Å². The van der Waals surface area contributed by atoms with Crippen molar-refractivity contribution in [3.63, 3.8) is 0 Å². The molecule has 0 atom stereocenters. The average Bonchev–Trinajstić information content (AvgIpc) is 3.54. The molecule has 0 aromatic heterocycles. The molecule has 1 saturated carbocycles. The first-order valence-corrected chi connectivity index (χ1v) is 9.82. The van der Waals surface area contributed by atoms with Crippen LogP contribution in [-0.4, -0.2) is 26.4 Å². The Morgan fingerprint density at radius 2 is 1.67 bits per heavy atom. The summed E-state index contributed by atoms with van der Waals surface area (Å²) in [5.74, 6) is 0.967. The second kappa shape index (κ2) is 8.55. The van der Waals surface area contributed by atoms with E-state index in [4.69, 9.17) is 9.47 Å². The summed E-state index contributed by atoms with van der Waals surface area (Å²) >= 11 is 0. The SMILES string of the molecule is COCCCOc1cc(CNC2CC2)c(-c2ccccc2)c2ccccc12. The third kappa shape index (κ3) is 4.32. The van der Waals surface area contributed by atoms with Gasteiger partial charge >= 0.3 is 0 Å².